The molecule has 3 aromatic heterocycles. The van der Waals surface area contributed by atoms with Crippen molar-refractivity contribution in [3.63, 3.8) is 0 Å². The van der Waals surface area contributed by atoms with E-state index in [4.69, 9.17) is 4.42 Å². The summed E-state index contributed by atoms with van der Waals surface area (Å²) in [5.74, 6) is 2.75. The van der Waals surface area contributed by atoms with Crippen LogP contribution in [0.3, 0.4) is 0 Å². The first-order valence-electron chi connectivity index (χ1n) is 8.95. The summed E-state index contributed by atoms with van der Waals surface area (Å²) < 4.78 is 7.55. The molecule has 0 fully saturated rings. The van der Waals surface area contributed by atoms with Crippen LogP contribution in [0.4, 0.5) is 0 Å². The third-order valence-electron chi connectivity index (χ3n) is 4.48. The van der Waals surface area contributed by atoms with Gasteiger partial charge in [0.1, 0.15) is 11.6 Å². The molecule has 0 aromatic carbocycles. The quantitative estimate of drug-likeness (QED) is 0.720. The maximum Gasteiger partial charge on any atom is 0.226 e. The summed E-state index contributed by atoms with van der Waals surface area (Å²) in [5.41, 5.74) is 0.759. The van der Waals surface area contributed by atoms with Crippen molar-refractivity contribution in [1.82, 2.24) is 25.1 Å². The summed E-state index contributed by atoms with van der Waals surface area (Å²) in [4.78, 5) is 16.6. The monoisotopic (exact) mass is 371 g/mol. The second-order valence-corrected chi connectivity index (χ2v) is 7.25. The van der Waals surface area contributed by atoms with Crippen molar-refractivity contribution in [3.8, 4) is 10.8 Å². The Morgan fingerprint density at radius 1 is 1.31 bits per heavy atom. The van der Waals surface area contributed by atoms with Gasteiger partial charge in [0.15, 0.2) is 10.8 Å². The molecule has 7 nitrogen and oxygen atoms in total. The molecule has 0 saturated carbocycles. The van der Waals surface area contributed by atoms with E-state index in [1.807, 2.05) is 17.5 Å². The van der Waals surface area contributed by atoms with Crippen LogP contribution >= 0.6 is 11.3 Å². The molecule has 0 atom stereocenters. The van der Waals surface area contributed by atoms with Gasteiger partial charge >= 0.3 is 0 Å². The number of aromatic nitrogens is 4. The van der Waals surface area contributed by atoms with Gasteiger partial charge in [-0.2, -0.15) is 0 Å². The smallest absolute Gasteiger partial charge is 0.226 e. The number of furan rings is 1. The number of hydrogen-bond donors (Lipinski definition) is 1. The SMILES string of the molecule is O=C(Cc1csc(-c2ccco2)n1)NCCc1nnc2n1CCCCC2. The van der Waals surface area contributed by atoms with E-state index in [0.717, 1.165) is 41.1 Å². The Kier molecular flexibility index (Phi) is 5.10. The lowest BCUT2D eigenvalue weighted by Gasteiger charge is -2.07. The Bertz CT molecular complexity index is 868. The molecule has 1 N–H and O–H groups in total. The Morgan fingerprint density at radius 2 is 2.27 bits per heavy atom. The highest BCUT2D eigenvalue weighted by atomic mass is 32.1. The molecule has 1 aliphatic heterocycles. The molecule has 8 heteroatoms. The third-order valence-corrected chi connectivity index (χ3v) is 5.39. The van der Waals surface area contributed by atoms with Crippen molar-refractivity contribution in [2.75, 3.05) is 6.54 Å². The Labute approximate surface area is 155 Å². The minimum atomic E-state index is -0.0306. The predicted octanol–water partition coefficient (Wildman–Crippen LogP) is 2.62. The first-order chi connectivity index (χ1) is 12.8. The van der Waals surface area contributed by atoms with Crippen LogP contribution in [0.15, 0.2) is 28.2 Å². The third kappa shape index (κ3) is 3.85. The van der Waals surface area contributed by atoms with Crippen molar-refractivity contribution in [3.05, 3.63) is 41.1 Å². The Hall–Kier alpha value is -2.48. The highest BCUT2D eigenvalue weighted by Gasteiger charge is 2.15. The van der Waals surface area contributed by atoms with E-state index in [1.54, 1.807) is 6.26 Å². The number of carbonyl (C=O) groups is 1. The van der Waals surface area contributed by atoms with Gasteiger partial charge in [0.2, 0.25) is 5.91 Å². The molecule has 1 amide bonds. The molecule has 0 bridgehead atoms. The van der Waals surface area contributed by atoms with E-state index in [1.165, 1.54) is 30.6 Å². The molecule has 0 saturated heterocycles. The van der Waals surface area contributed by atoms with E-state index >= 15 is 0 Å². The number of rotatable bonds is 6. The van der Waals surface area contributed by atoms with Gasteiger partial charge in [-0.3, -0.25) is 4.79 Å². The number of nitrogens with one attached hydrogen (secondary N) is 1. The van der Waals surface area contributed by atoms with Crippen LogP contribution in [0.25, 0.3) is 10.8 Å². The van der Waals surface area contributed by atoms with Crippen LogP contribution in [-0.2, 0) is 30.6 Å². The number of fused-ring (bicyclic) bond motifs is 1. The maximum atomic E-state index is 12.2. The van der Waals surface area contributed by atoms with Crippen LogP contribution in [0.5, 0.6) is 0 Å². The number of thiazole rings is 1. The normalized spacial score (nSPS) is 14.0. The summed E-state index contributed by atoms with van der Waals surface area (Å²) in [6, 6.07) is 3.69. The van der Waals surface area contributed by atoms with Gasteiger partial charge in [0.25, 0.3) is 0 Å². The lowest BCUT2D eigenvalue weighted by atomic mass is 10.2. The number of nitrogens with zero attached hydrogens (tertiary/aromatic N) is 4. The number of carbonyl (C=O) groups excluding carboxylic acids is 1. The summed E-state index contributed by atoms with van der Waals surface area (Å²) in [7, 11) is 0. The van der Waals surface area contributed by atoms with Crippen LogP contribution in [0.2, 0.25) is 0 Å². The second-order valence-electron chi connectivity index (χ2n) is 6.39. The molecule has 0 spiro atoms. The molecule has 26 heavy (non-hydrogen) atoms. The molecule has 3 aromatic rings. The Morgan fingerprint density at radius 3 is 3.15 bits per heavy atom. The Balaban J connectivity index is 1.28. The molecule has 0 aliphatic carbocycles. The maximum absolute atomic E-state index is 12.2. The molecule has 136 valence electrons. The zero-order valence-corrected chi connectivity index (χ0v) is 15.3. The second kappa shape index (κ2) is 7.82. The lowest BCUT2D eigenvalue weighted by Crippen LogP contribution is -2.28. The van der Waals surface area contributed by atoms with Crippen LogP contribution in [-0.4, -0.2) is 32.2 Å². The van der Waals surface area contributed by atoms with E-state index in [0.29, 0.717) is 13.0 Å². The number of hydrogen-bond acceptors (Lipinski definition) is 6. The standard InChI is InChI=1S/C18H21N5O2S/c24-17(11-13-12-26-18(20-13)14-5-4-10-25-14)19-8-7-16-22-21-15-6-2-1-3-9-23(15)16/h4-5,10,12H,1-3,6-9,11H2,(H,19,24). The van der Waals surface area contributed by atoms with Crippen molar-refractivity contribution in [1.29, 1.82) is 0 Å². The molecule has 4 rings (SSSR count). The predicted molar refractivity (Wildman–Crippen MR) is 97.8 cm³/mol. The van der Waals surface area contributed by atoms with Gasteiger partial charge in [-0.25, -0.2) is 4.98 Å². The minimum absolute atomic E-state index is 0.0306. The fourth-order valence-corrected chi connectivity index (χ4v) is 3.96. The summed E-state index contributed by atoms with van der Waals surface area (Å²) in [6.07, 6.45) is 7.19. The van der Waals surface area contributed by atoms with Crippen LogP contribution < -0.4 is 5.32 Å². The largest absolute Gasteiger partial charge is 0.462 e. The van der Waals surface area contributed by atoms with Gasteiger partial charge in [-0.15, -0.1) is 21.5 Å². The molecular formula is C18H21N5O2S. The topological polar surface area (TPSA) is 85.8 Å². The van der Waals surface area contributed by atoms with Crippen molar-refractivity contribution < 1.29 is 9.21 Å². The zero-order valence-electron chi connectivity index (χ0n) is 14.5. The van der Waals surface area contributed by atoms with Crippen molar-refractivity contribution >= 4 is 17.2 Å². The highest BCUT2D eigenvalue weighted by Crippen LogP contribution is 2.24. The first kappa shape index (κ1) is 17.0. The van der Waals surface area contributed by atoms with E-state index in [9.17, 15) is 4.79 Å². The number of aryl methyl sites for hydroxylation is 1. The van der Waals surface area contributed by atoms with Crippen LogP contribution in [0, 0.1) is 0 Å². The fourth-order valence-electron chi connectivity index (χ4n) is 3.17. The van der Waals surface area contributed by atoms with E-state index < -0.39 is 0 Å². The van der Waals surface area contributed by atoms with Crippen molar-refractivity contribution in [2.24, 2.45) is 0 Å². The van der Waals surface area contributed by atoms with Gasteiger partial charge in [0.05, 0.1) is 18.4 Å². The van der Waals surface area contributed by atoms with Gasteiger partial charge < -0.3 is 14.3 Å². The molecule has 1 aliphatic rings. The lowest BCUT2D eigenvalue weighted by molar-refractivity contribution is -0.120. The minimum Gasteiger partial charge on any atom is -0.462 e. The van der Waals surface area contributed by atoms with E-state index in [2.05, 4.69) is 25.1 Å². The first-order valence-corrected chi connectivity index (χ1v) is 9.83. The molecule has 4 heterocycles. The average molecular weight is 371 g/mol. The van der Waals surface area contributed by atoms with Gasteiger partial charge in [-0.1, -0.05) is 6.42 Å². The van der Waals surface area contributed by atoms with Gasteiger partial charge in [-0.05, 0) is 25.0 Å². The summed E-state index contributed by atoms with van der Waals surface area (Å²) in [5, 5.41) is 14.2. The zero-order chi connectivity index (χ0) is 17.8. The fraction of sp³-hybridized carbons (Fsp3) is 0.444. The molecule has 0 unspecified atom stereocenters. The molecular weight excluding hydrogens is 350 g/mol. The van der Waals surface area contributed by atoms with E-state index in [-0.39, 0.29) is 12.3 Å². The number of amides is 1. The van der Waals surface area contributed by atoms with Crippen LogP contribution in [0.1, 0.15) is 36.6 Å². The summed E-state index contributed by atoms with van der Waals surface area (Å²) >= 11 is 1.48. The summed E-state index contributed by atoms with van der Waals surface area (Å²) in [6.45, 7) is 1.55. The van der Waals surface area contributed by atoms with Gasteiger partial charge in [0, 0.05) is 31.3 Å². The average Bonchev–Trinajstić information content (AvgIpc) is 3.35. The molecule has 0 radical (unpaired) electrons. The highest BCUT2D eigenvalue weighted by molar-refractivity contribution is 7.13. The van der Waals surface area contributed by atoms with Crippen molar-refractivity contribution in [2.45, 2.75) is 45.1 Å².